The number of ether oxygens (including phenoxy) is 2. The van der Waals surface area contributed by atoms with Crippen LogP contribution in [0.5, 0.6) is 10.9 Å². The molecular weight excluding hydrogens is 294 g/mol. The van der Waals surface area contributed by atoms with Crippen LogP contribution in [0.3, 0.4) is 0 Å². The number of rotatable bonds is 8. The first-order valence-corrected chi connectivity index (χ1v) is 8.20. The lowest BCUT2D eigenvalue weighted by atomic mass is 10.3. The van der Waals surface area contributed by atoms with E-state index in [4.69, 9.17) is 9.47 Å². The average Bonchev–Trinajstić information content (AvgIpc) is 2.92. The highest BCUT2D eigenvalue weighted by Crippen LogP contribution is 2.26. The molecule has 1 aromatic carbocycles. The molecule has 2 aromatic rings. The number of hydrogen-bond donors (Lipinski definition) is 1. The van der Waals surface area contributed by atoms with Crippen molar-refractivity contribution < 1.29 is 9.47 Å². The van der Waals surface area contributed by atoms with E-state index in [1.165, 1.54) is 16.2 Å². The number of methoxy groups -OCH3 is 1. The van der Waals surface area contributed by atoms with E-state index in [-0.39, 0.29) is 0 Å². The minimum absolute atomic E-state index is 0.561. The summed E-state index contributed by atoms with van der Waals surface area (Å²) in [6.45, 7) is 2.15. The number of nitrogens with zero attached hydrogens (tertiary/aromatic N) is 2. The standard InChI is InChI=1S/C13H17N3O2S2/c1-17-8-7-14-9-12-15-16-13(20-12)18-10-3-5-11(19-2)6-4-10/h3-6,14H,7-9H2,1-2H3. The maximum absolute atomic E-state index is 5.67. The van der Waals surface area contributed by atoms with Gasteiger partial charge in [-0.25, -0.2) is 0 Å². The molecule has 0 spiro atoms. The number of nitrogens with one attached hydrogen (secondary N) is 1. The summed E-state index contributed by atoms with van der Waals surface area (Å²) < 4.78 is 10.6. The van der Waals surface area contributed by atoms with Gasteiger partial charge in [0.25, 0.3) is 5.19 Å². The second kappa shape index (κ2) is 8.21. The first-order valence-electron chi connectivity index (χ1n) is 6.16. The molecule has 20 heavy (non-hydrogen) atoms. The van der Waals surface area contributed by atoms with Crippen molar-refractivity contribution in [3.8, 4) is 10.9 Å². The van der Waals surface area contributed by atoms with Crippen molar-refractivity contribution in [1.29, 1.82) is 0 Å². The van der Waals surface area contributed by atoms with E-state index >= 15 is 0 Å². The highest BCUT2D eigenvalue weighted by molar-refractivity contribution is 7.98. The predicted molar refractivity (Wildman–Crippen MR) is 81.8 cm³/mol. The Morgan fingerprint density at radius 2 is 2.05 bits per heavy atom. The summed E-state index contributed by atoms with van der Waals surface area (Å²) in [6.07, 6.45) is 2.05. The molecule has 0 aliphatic carbocycles. The Kier molecular flexibility index (Phi) is 6.25. The van der Waals surface area contributed by atoms with Gasteiger partial charge in [0.05, 0.1) is 6.61 Å². The van der Waals surface area contributed by atoms with Gasteiger partial charge in [-0.2, -0.15) is 0 Å². The molecule has 0 fully saturated rings. The quantitative estimate of drug-likeness (QED) is 0.597. The Morgan fingerprint density at radius 1 is 1.25 bits per heavy atom. The maximum atomic E-state index is 5.67. The van der Waals surface area contributed by atoms with Gasteiger partial charge in [-0.15, -0.1) is 16.9 Å². The Labute approximate surface area is 126 Å². The van der Waals surface area contributed by atoms with Crippen LogP contribution in [0.25, 0.3) is 0 Å². The Balaban J connectivity index is 1.85. The van der Waals surface area contributed by atoms with Gasteiger partial charge < -0.3 is 14.8 Å². The summed E-state index contributed by atoms with van der Waals surface area (Å²) in [4.78, 5) is 1.21. The van der Waals surface area contributed by atoms with Crippen molar-refractivity contribution in [3.63, 3.8) is 0 Å². The van der Waals surface area contributed by atoms with Crippen LogP contribution in [-0.4, -0.2) is 36.7 Å². The SMILES string of the molecule is COCCNCc1nnc(Oc2ccc(SC)cc2)s1. The highest BCUT2D eigenvalue weighted by Gasteiger charge is 2.06. The summed E-state index contributed by atoms with van der Waals surface area (Å²) in [7, 11) is 1.68. The van der Waals surface area contributed by atoms with E-state index in [2.05, 4.69) is 15.5 Å². The first-order chi connectivity index (χ1) is 9.81. The summed E-state index contributed by atoms with van der Waals surface area (Å²) in [5.41, 5.74) is 0. The van der Waals surface area contributed by atoms with Gasteiger partial charge in [0, 0.05) is 25.1 Å². The monoisotopic (exact) mass is 311 g/mol. The van der Waals surface area contributed by atoms with Crippen LogP contribution in [0.1, 0.15) is 5.01 Å². The van der Waals surface area contributed by atoms with Gasteiger partial charge in [0.1, 0.15) is 10.8 Å². The minimum Gasteiger partial charge on any atom is -0.430 e. The van der Waals surface area contributed by atoms with E-state index in [1.54, 1.807) is 18.9 Å². The van der Waals surface area contributed by atoms with Crippen LogP contribution >= 0.6 is 23.1 Å². The smallest absolute Gasteiger partial charge is 0.299 e. The van der Waals surface area contributed by atoms with Crippen LogP contribution in [-0.2, 0) is 11.3 Å². The molecule has 0 saturated heterocycles. The maximum Gasteiger partial charge on any atom is 0.299 e. The molecule has 0 aliphatic heterocycles. The summed E-state index contributed by atoms with van der Waals surface area (Å²) >= 11 is 3.14. The fraction of sp³-hybridized carbons (Fsp3) is 0.385. The van der Waals surface area contributed by atoms with E-state index in [0.29, 0.717) is 18.3 Å². The van der Waals surface area contributed by atoms with Crippen molar-refractivity contribution >= 4 is 23.1 Å². The van der Waals surface area contributed by atoms with Crippen LogP contribution in [0.4, 0.5) is 0 Å². The Bertz CT molecular complexity index is 517. The third-order valence-corrected chi connectivity index (χ3v) is 4.02. The lowest BCUT2D eigenvalue weighted by Gasteiger charge is -2.01. The molecular formula is C13H17N3O2S2. The van der Waals surface area contributed by atoms with Gasteiger partial charge in [-0.3, -0.25) is 0 Å². The summed E-state index contributed by atoms with van der Waals surface area (Å²) in [6, 6.07) is 7.91. The van der Waals surface area contributed by atoms with Gasteiger partial charge in [0.15, 0.2) is 0 Å². The van der Waals surface area contributed by atoms with E-state index in [0.717, 1.165) is 17.3 Å². The second-order valence-electron chi connectivity index (χ2n) is 3.91. The van der Waals surface area contributed by atoms with Crippen LogP contribution in [0.2, 0.25) is 0 Å². The van der Waals surface area contributed by atoms with Gasteiger partial charge in [-0.05, 0) is 30.5 Å². The molecule has 0 radical (unpaired) electrons. The lowest BCUT2D eigenvalue weighted by molar-refractivity contribution is 0.199. The van der Waals surface area contributed by atoms with Crippen molar-refractivity contribution in [1.82, 2.24) is 15.5 Å². The van der Waals surface area contributed by atoms with Gasteiger partial charge in [-0.1, -0.05) is 16.4 Å². The fourth-order valence-electron chi connectivity index (χ4n) is 1.47. The van der Waals surface area contributed by atoms with E-state index in [9.17, 15) is 0 Å². The molecule has 2 rings (SSSR count). The first kappa shape index (κ1) is 15.2. The van der Waals surface area contributed by atoms with Crippen LogP contribution < -0.4 is 10.1 Å². The molecule has 0 bridgehead atoms. The van der Waals surface area contributed by atoms with Crippen LogP contribution in [0.15, 0.2) is 29.2 Å². The van der Waals surface area contributed by atoms with E-state index in [1.807, 2.05) is 30.5 Å². The second-order valence-corrected chi connectivity index (χ2v) is 5.81. The minimum atomic E-state index is 0.561. The average molecular weight is 311 g/mol. The Morgan fingerprint density at radius 3 is 2.75 bits per heavy atom. The van der Waals surface area contributed by atoms with Crippen molar-refractivity contribution in [3.05, 3.63) is 29.3 Å². The zero-order chi connectivity index (χ0) is 14.2. The number of benzene rings is 1. The third-order valence-electron chi connectivity index (χ3n) is 2.47. The fourth-order valence-corrected chi connectivity index (χ4v) is 2.55. The molecule has 7 heteroatoms. The van der Waals surface area contributed by atoms with Crippen molar-refractivity contribution in [2.45, 2.75) is 11.4 Å². The molecule has 1 heterocycles. The van der Waals surface area contributed by atoms with Crippen molar-refractivity contribution in [2.24, 2.45) is 0 Å². The lowest BCUT2D eigenvalue weighted by Crippen LogP contribution is -2.18. The highest BCUT2D eigenvalue weighted by atomic mass is 32.2. The number of hydrogen-bond acceptors (Lipinski definition) is 7. The molecule has 0 saturated carbocycles. The molecule has 0 amide bonds. The van der Waals surface area contributed by atoms with Crippen molar-refractivity contribution in [2.75, 3.05) is 26.5 Å². The molecule has 5 nitrogen and oxygen atoms in total. The zero-order valence-electron chi connectivity index (χ0n) is 11.5. The molecule has 1 N–H and O–H groups in total. The van der Waals surface area contributed by atoms with Gasteiger partial charge >= 0.3 is 0 Å². The molecule has 108 valence electrons. The molecule has 1 aromatic heterocycles. The molecule has 0 unspecified atom stereocenters. The molecule has 0 aliphatic rings. The molecule has 0 atom stereocenters. The normalized spacial score (nSPS) is 10.7. The Hall–Kier alpha value is -1.15. The third kappa shape index (κ3) is 4.75. The summed E-state index contributed by atoms with van der Waals surface area (Å²) in [5.74, 6) is 0.776. The zero-order valence-corrected chi connectivity index (χ0v) is 13.1. The van der Waals surface area contributed by atoms with Gasteiger partial charge in [0.2, 0.25) is 0 Å². The van der Waals surface area contributed by atoms with E-state index < -0.39 is 0 Å². The summed E-state index contributed by atoms with van der Waals surface area (Å²) in [5, 5.41) is 12.8. The predicted octanol–water partition coefficient (Wildman–Crippen LogP) is 2.79. The topological polar surface area (TPSA) is 56.3 Å². The van der Waals surface area contributed by atoms with Crippen LogP contribution in [0, 0.1) is 0 Å². The largest absolute Gasteiger partial charge is 0.430 e. The number of aromatic nitrogens is 2. The number of thioether (sulfide) groups is 1.